The van der Waals surface area contributed by atoms with E-state index in [2.05, 4.69) is 33.5 Å². The molecule has 6 heteroatoms. The first kappa shape index (κ1) is 12.3. The summed E-state index contributed by atoms with van der Waals surface area (Å²) in [5.41, 5.74) is 1.09. The first-order valence-corrected chi connectivity index (χ1v) is 6.97. The smallest absolute Gasteiger partial charge is 0.148 e. The molecule has 102 valence electrons. The SMILES string of the molecule is CCCn1ncnc1Cn1ccc(CNC2CC2)n1. The van der Waals surface area contributed by atoms with Gasteiger partial charge in [-0.3, -0.25) is 4.68 Å². The maximum absolute atomic E-state index is 4.56. The molecule has 1 N–H and O–H groups in total. The first-order chi connectivity index (χ1) is 9.35. The first-order valence-electron chi connectivity index (χ1n) is 6.97. The second-order valence-electron chi connectivity index (χ2n) is 5.06. The third kappa shape index (κ3) is 3.20. The predicted molar refractivity (Wildman–Crippen MR) is 71.5 cm³/mol. The summed E-state index contributed by atoms with van der Waals surface area (Å²) < 4.78 is 3.88. The van der Waals surface area contributed by atoms with Crippen molar-refractivity contribution in [3.8, 4) is 0 Å². The van der Waals surface area contributed by atoms with E-state index in [1.165, 1.54) is 12.8 Å². The molecule has 3 rings (SSSR count). The Labute approximate surface area is 112 Å². The zero-order chi connectivity index (χ0) is 13.1. The van der Waals surface area contributed by atoms with Gasteiger partial charge in [0.05, 0.1) is 5.69 Å². The average molecular weight is 260 g/mol. The molecule has 1 aliphatic carbocycles. The fourth-order valence-corrected chi connectivity index (χ4v) is 2.08. The van der Waals surface area contributed by atoms with E-state index in [-0.39, 0.29) is 0 Å². The number of hydrogen-bond donors (Lipinski definition) is 1. The van der Waals surface area contributed by atoms with Gasteiger partial charge in [0.15, 0.2) is 0 Å². The maximum atomic E-state index is 4.56. The molecule has 0 unspecified atom stereocenters. The summed E-state index contributed by atoms with van der Waals surface area (Å²) in [5, 5.41) is 12.3. The van der Waals surface area contributed by atoms with Gasteiger partial charge in [-0.2, -0.15) is 10.2 Å². The molecule has 2 aromatic heterocycles. The Hall–Kier alpha value is -1.69. The number of hydrogen-bond acceptors (Lipinski definition) is 4. The molecule has 2 heterocycles. The molecular weight excluding hydrogens is 240 g/mol. The highest BCUT2D eigenvalue weighted by atomic mass is 15.4. The summed E-state index contributed by atoms with van der Waals surface area (Å²) in [6.45, 7) is 4.59. The van der Waals surface area contributed by atoms with Gasteiger partial charge >= 0.3 is 0 Å². The molecule has 2 aromatic rings. The lowest BCUT2D eigenvalue weighted by molar-refractivity contribution is 0.535. The largest absolute Gasteiger partial charge is 0.308 e. The van der Waals surface area contributed by atoms with Crippen molar-refractivity contribution in [2.45, 2.75) is 51.9 Å². The van der Waals surface area contributed by atoms with Crippen LogP contribution in [0.15, 0.2) is 18.6 Å². The van der Waals surface area contributed by atoms with E-state index in [9.17, 15) is 0 Å². The van der Waals surface area contributed by atoms with Crippen LogP contribution in [0, 0.1) is 0 Å². The Kier molecular flexibility index (Phi) is 3.59. The molecule has 0 spiro atoms. The second kappa shape index (κ2) is 5.52. The molecule has 6 nitrogen and oxygen atoms in total. The van der Waals surface area contributed by atoms with Crippen molar-refractivity contribution < 1.29 is 0 Å². The predicted octanol–water partition coefficient (Wildman–Crippen LogP) is 1.18. The van der Waals surface area contributed by atoms with Crippen LogP contribution < -0.4 is 5.32 Å². The molecular formula is C13H20N6. The van der Waals surface area contributed by atoms with Crippen LogP contribution in [0.25, 0.3) is 0 Å². The van der Waals surface area contributed by atoms with Crippen LogP contribution in [0.4, 0.5) is 0 Å². The maximum Gasteiger partial charge on any atom is 0.148 e. The molecule has 1 saturated carbocycles. The third-order valence-corrected chi connectivity index (χ3v) is 3.28. The summed E-state index contributed by atoms with van der Waals surface area (Å²) in [4.78, 5) is 4.30. The van der Waals surface area contributed by atoms with Crippen LogP contribution in [0.5, 0.6) is 0 Å². The highest BCUT2D eigenvalue weighted by Gasteiger charge is 2.20. The van der Waals surface area contributed by atoms with Crippen LogP contribution >= 0.6 is 0 Å². The Bertz CT molecular complexity index is 525. The molecule has 0 saturated heterocycles. The molecule has 1 aliphatic rings. The van der Waals surface area contributed by atoms with Crippen LogP contribution in [0.3, 0.4) is 0 Å². The van der Waals surface area contributed by atoms with Crippen molar-refractivity contribution in [3.63, 3.8) is 0 Å². The molecule has 0 aliphatic heterocycles. The summed E-state index contributed by atoms with van der Waals surface area (Å²) in [5.74, 6) is 0.964. The normalized spacial score (nSPS) is 15.0. The lowest BCUT2D eigenvalue weighted by Crippen LogP contribution is -2.16. The minimum atomic E-state index is 0.684. The van der Waals surface area contributed by atoms with Gasteiger partial charge in [-0.05, 0) is 25.3 Å². The molecule has 1 fully saturated rings. The van der Waals surface area contributed by atoms with Gasteiger partial charge in [0.2, 0.25) is 0 Å². The van der Waals surface area contributed by atoms with E-state index < -0.39 is 0 Å². The zero-order valence-electron chi connectivity index (χ0n) is 11.3. The van der Waals surface area contributed by atoms with E-state index in [1.807, 2.05) is 15.6 Å². The highest BCUT2D eigenvalue weighted by Crippen LogP contribution is 2.18. The monoisotopic (exact) mass is 260 g/mol. The van der Waals surface area contributed by atoms with Crippen molar-refractivity contribution >= 4 is 0 Å². The van der Waals surface area contributed by atoms with Gasteiger partial charge in [0.1, 0.15) is 18.7 Å². The fourth-order valence-electron chi connectivity index (χ4n) is 2.08. The second-order valence-corrected chi connectivity index (χ2v) is 5.06. The van der Waals surface area contributed by atoms with Crippen LogP contribution in [-0.4, -0.2) is 30.6 Å². The van der Waals surface area contributed by atoms with Crippen LogP contribution in [0.1, 0.15) is 37.7 Å². The van der Waals surface area contributed by atoms with Crippen molar-refractivity contribution in [2.75, 3.05) is 0 Å². The highest BCUT2D eigenvalue weighted by molar-refractivity contribution is 5.01. The van der Waals surface area contributed by atoms with E-state index in [1.54, 1.807) is 6.33 Å². The molecule has 0 bridgehead atoms. The molecule has 0 aromatic carbocycles. The number of rotatable bonds is 7. The summed E-state index contributed by atoms with van der Waals surface area (Å²) in [7, 11) is 0. The van der Waals surface area contributed by atoms with Crippen molar-refractivity contribution in [1.29, 1.82) is 0 Å². The standard InChI is InChI=1S/C13H20N6/c1-2-6-19-13(15-10-16-19)9-18-7-5-12(17-18)8-14-11-3-4-11/h5,7,10-11,14H,2-4,6,8-9H2,1H3. The van der Waals surface area contributed by atoms with Gasteiger partial charge < -0.3 is 5.32 Å². The summed E-state index contributed by atoms with van der Waals surface area (Å²) in [6.07, 6.45) is 7.30. The van der Waals surface area contributed by atoms with Gasteiger partial charge in [-0.25, -0.2) is 9.67 Å². The van der Waals surface area contributed by atoms with Crippen LogP contribution in [0.2, 0.25) is 0 Å². The minimum absolute atomic E-state index is 0.684. The van der Waals surface area contributed by atoms with Crippen molar-refractivity contribution in [1.82, 2.24) is 29.9 Å². The fraction of sp³-hybridized carbons (Fsp3) is 0.615. The number of nitrogens with zero attached hydrogens (tertiary/aromatic N) is 5. The lowest BCUT2D eigenvalue weighted by Gasteiger charge is -2.04. The third-order valence-electron chi connectivity index (χ3n) is 3.28. The minimum Gasteiger partial charge on any atom is -0.308 e. The van der Waals surface area contributed by atoms with Crippen LogP contribution in [-0.2, 0) is 19.6 Å². The molecule has 19 heavy (non-hydrogen) atoms. The average Bonchev–Trinajstić information content (AvgIpc) is 2.98. The Morgan fingerprint density at radius 1 is 1.42 bits per heavy atom. The van der Waals surface area contributed by atoms with Gasteiger partial charge in [0.25, 0.3) is 0 Å². The van der Waals surface area contributed by atoms with E-state index in [0.717, 1.165) is 37.1 Å². The van der Waals surface area contributed by atoms with Crippen molar-refractivity contribution in [2.24, 2.45) is 0 Å². The van der Waals surface area contributed by atoms with Gasteiger partial charge in [0, 0.05) is 25.3 Å². The Morgan fingerprint density at radius 3 is 3.11 bits per heavy atom. The quantitative estimate of drug-likeness (QED) is 0.812. The topological polar surface area (TPSA) is 60.6 Å². The number of aryl methyl sites for hydroxylation is 1. The Balaban J connectivity index is 1.60. The number of aromatic nitrogens is 5. The van der Waals surface area contributed by atoms with E-state index in [4.69, 9.17) is 0 Å². The van der Waals surface area contributed by atoms with E-state index in [0.29, 0.717) is 6.54 Å². The summed E-state index contributed by atoms with van der Waals surface area (Å²) in [6, 6.07) is 2.79. The summed E-state index contributed by atoms with van der Waals surface area (Å²) >= 11 is 0. The van der Waals surface area contributed by atoms with Gasteiger partial charge in [-0.15, -0.1) is 0 Å². The van der Waals surface area contributed by atoms with E-state index >= 15 is 0 Å². The molecule has 0 radical (unpaired) electrons. The Morgan fingerprint density at radius 2 is 2.32 bits per heavy atom. The lowest BCUT2D eigenvalue weighted by atomic mass is 10.4. The number of nitrogens with one attached hydrogen (secondary N) is 1. The van der Waals surface area contributed by atoms with Crippen molar-refractivity contribution in [3.05, 3.63) is 30.1 Å². The van der Waals surface area contributed by atoms with Gasteiger partial charge in [-0.1, -0.05) is 6.92 Å². The zero-order valence-corrected chi connectivity index (χ0v) is 11.3. The molecule has 0 amide bonds. The molecule has 0 atom stereocenters.